The van der Waals surface area contributed by atoms with Crippen molar-refractivity contribution in [2.45, 2.75) is 12.6 Å². The zero-order chi connectivity index (χ0) is 18.7. The van der Waals surface area contributed by atoms with E-state index in [2.05, 4.69) is 15.2 Å². The third-order valence-corrected chi connectivity index (χ3v) is 3.58. The Morgan fingerprint density at radius 1 is 1.23 bits per heavy atom. The molecule has 9 heteroatoms. The number of rotatable bonds is 5. The van der Waals surface area contributed by atoms with Gasteiger partial charge in [0.05, 0.1) is 17.4 Å². The van der Waals surface area contributed by atoms with E-state index in [1.165, 1.54) is 24.5 Å². The van der Waals surface area contributed by atoms with Crippen molar-refractivity contribution >= 4 is 11.5 Å². The maximum absolute atomic E-state index is 12.6. The Labute approximate surface area is 145 Å². The number of hydrogen-bond donors (Lipinski definition) is 2. The van der Waals surface area contributed by atoms with E-state index >= 15 is 0 Å². The topological polar surface area (TPSA) is 92.0 Å². The maximum atomic E-state index is 12.6. The minimum atomic E-state index is -4.41. The normalized spacial score (nSPS) is 12.3. The van der Waals surface area contributed by atoms with Gasteiger partial charge in [0.1, 0.15) is 17.8 Å². The number of H-pyrrole nitrogens is 1. The molecule has 0 saturated carbocycles. The highest BCUT2D eigenvalue weighted by molar-refractivity contribution is 6.05. The number of halogens is 3. The van der Waals surface area contributed by atoms with Crippen molar-refractivity contribution in [2.24, 2.45) is 0 Å². The average Bonchev–Trinajstić information content (AvgIpc) is 3.26. The number of nitrogens with zero attached hydrogens (tertiary/aromatic N) is 2. The maximum Gasteiger partial charge on any atom is 0.416 e. The van der Waals surface area contributed by atoms with Crippen LogP contribution in [0.1, 0.15) is 33.1 Å². The number of aromatic nitrogens is 3. The van der Waals surface area contributed by atoms with Crippen LogP contribution in [0.15, 0.2) is 53.4 Å². The first kappa shape index (κ1) is 17.5. The molecule has 0 radical (unpaired) electrons. The highest BCUT2D eigenvalue weighted by atomic mass is 19.4. The van der Waals surface area contributed by atoms with Crippen molar-refractivity contribution in [1.82, 2.24) is 15.2 Å². The van der Waals surface area contributed by atoms with Gasteiger partial charge in [-0.2, -0.15) is 18.3 Å². The molecule has 0 fully saturated rings. The Balaban J connectivity index is 1.79. The second-order valence-electron chi connectivity index (χ2n) is 5.36. The van der Waals surface area contributed by atoms with E-state index < -0.39 is 17.5 Å². The van der Waals surface area contributed by atoms with Crippen molar-refractivity contribution in [3.05, 3.63) is 77.3 Å². The quantitative estimate of drug-likeness (QED) is 0.409. The summed E-state index contributed by atoms with van der Waals surface area (Å²) in [6, 6.07) is 6.06. The molecule has 0 amide bonds. The number of nitrogens with one attached hydrogen (secondary N) is 1. The lowest BCUT2D eigenvalue weighted by molar-refractivity contribution is -0.137. The van der Waals surface area contributed by atoms with Gasteiger partial charge in [-0.25, -0.2) is 4.98 Å². The lowest BCUT2D eigenvalue weighted by Gasteiger charge is -2.07. The summed E-state index contributed by atoms with van der Waals surface area (Å²) in [7, 11) is 0. The summed E-state index contributed by atoms with van der Waals surface area (Å²) in [4.78, 5) is 15.6. The fourth-order valence-electron chi connectivity index (χ4n) is 2.30. The summed E-state index contributed by atoms with van der Waals surface area (Å²) in [6.07, 6.45) is -0.823. The summed E-state index contributed by atoms with van der Waals surface area (Å²) >= 11 is 0. The van der Waals surface area contributed by atoms with Crippen molar-refractivity contribution in [1.29, 1.82) is 0 Å². The molecule has 0 spiro atoms. The summed E-state index contributed by atoms with van der Waals surface area (Å²) < 4.78 is 43.1. The van der Waals surface area contributed by atoms with E-state index in [-0.39, 0.29) is 23.6 Å². The molecule has 0 atom stereocenters. The summed E-state index contributed by atoms with van der Waals surface area (Å²) in [5.41, 5.74) is 0.0719. The minimum Gasteiger partial charge on any atom is -0.507 e. The summed E-state index contributed by atoms with van der Waals surface area (Å²) in [6.45, 7) is 0. The number of benzene rings is 1. The molecule has 1 aromatic carbocycles. The molecule has 0 unspecified atom stereocenters. The number of ketones is 1. The molecule has 0 saturated heterocycles. The van der Waals surface area contributed by atoms with Gasteiger partial charge in [-0.15, -0.1) is 0 Å². The Morgan fingerprint density at radius 3 is 2.58 bits per heavy atom. The molecule has 134 valence electrons. The number of hydrogen-bond acceptors (Lipinski definition) is 5. The number of carbonyl (C=O) groups excluding carboxylic acids is 1. The smallest absolute Gasteiger partial charge is 0.416 e. The third kappa shape index (κ3) is 3.82. The number of alkyl halides is 3. The van der Waals surface area contributed by atoms with E-state index in [4.69, 9.17) is 4.42 Å². The van der Waals surface area contributed by atoms with Crippen LogP contribution < -0.4 is 0 Å². The number of aliphatic hydroxyl groups excluding tert-OH is 1. The van der Waals surface area contributed by atoms with Crippen LogP contribution in [0.2, 0.25) is 0 Å². The van der Waals surface area contributed by atoms with Gasteiger partial charge in [-0.05, 0) is 23.8 Å². The van der Waals surface area contributed by atoms with E-state index in [1.54, 1.807) is 0 Å². The first-order valence-electron chi connectivity index (χ1n) is 7.38. The molecule has 3 rings (SSSR count). The van der Waals surface area contributed by atoms with Crippen LogP contribution in [0.25, 0.3) is 5.76 Å². The Hall–Kier alpha value is -3.36. The molecule has 2 aromatic heterocycles. The van der Waals surface area contributed by atoms with Gasteiger partial charge in [0.2, 0.25) is 5.78 Å². The summed E-state index contributed by atoms with van der Waals surface area (Å²) in [5.74, 6) is -0.656. The summed E-state index contributed by atoms with van der Waals surface area (Å²) in [5, 5.41) is 16.1. The Morgan fingerprint density at radius 2 is 1.96 bits per heavy atom. The highest BCUT2D eigenvalue weighted by Crippen LogP contribution is 2.30. The lowest BCUT2D eigenvalue weighted by Crippen LogP contribution is -2.04. The van der Waals surface area contributed by atoms with Gasteiger partial charge in [0.25, 0.3) is 0 Å². The predicted octanol–water partition coefficient (Wildman–Crippen LogP) is 3.79. The number of aromatic amines is 1. The first-order valence-corrected chi connectivity index (χ1v) is 7.38. The highest BCUT2D eigenvalue weighted by Gasteiger charge is 2.30. The molecule has 2 N–H and O–H groups in total. The van der Waals surface area contributed by atoms with Gasteiger partial charge in [-0.1, -0.05) is 12.1 Å². The molecule has 0 bridgehead atoms. The minimum absolute atomic E-state index is 0.0377. The van der Waals surface area contributed by atoms with Crippen LogP contribution in [0.5, 0.6) is 0 Å². The second kappa shape index (κ2) is 6.87. The van der Waals surface area contributed by atoms with Crippen LogP contribution in [0.4, 0.5) is 13.2 Å². The monoisotopic (exact) mass is 363 g/mol. The standard InChI is InChI=1S/C17H12F3N3O3/c18-17(19,20)11-3-1-10(2-4-11)7-15-12(5-6-26-15)13(24)8-14(25)16-21-9-22-23-16/h1-6,8-9,24H,7H2,(H,21,22,23). The van der Waals surface area contributed by atoms with Crippen molar-refractivity contribution in [3.8, 4) is 0 Å². The second-order valence-corrected chi connectivity index (χ2v) is 5.36. The Bertz CT molecular complexity index is 926. The van der Waals surface area contributed by atoms with Gasteiger partial charge >= 0.3 is 6.18 Å². The molecule has 3 aromatic rings. The molecular formula is C17H12F3N3O3. The van der Waals surface area contributed by atoms with Crippen LogP contribution in [0, 0.1) is 0 Å². The van der Waals surface area contributed by atoms with E-state index in [9.17, 15) is 23.1 Å². The number of furan rings is 1. The lowest BCUT2D eigenvalue weighted by atomic mass is 10.0. The molecular weight excluding hydrogens is 351 g/mol. The van der Waals surface area contributed by atoms with E-state index in [1.807, 2.05) is 0 Å². The number of aliphatic hydroxyl groups is 1. The van der Waals surface area contributed by atoms with E-state index in [0.29, 0.717) is 11.3 Å². The molecule has 0 aliphatic rings. The Kier molecular flexibility index (Phi) is 4.61. The van der Waals surface area contributed by atoms with Crippen molar-refractivity contribution in [3.63, 3.8) is 0 Å². The van der Waals surface area contributed by atoms with Gasteiger partial charge in [0, 0.05) is 12.5 Å². The molecule has 0 aliphatic carbocycles. The van der Waals surface area contributed by atoms with E-state index in [0.717, 1.165) is 24.5 Å². The number of allylic oxidation sites excluding steroid dienone is 1. The molecule has 6 nitrogen and oxygen atoms in total. The zero-order valence-corrected chi connectivity index (χ0v) is 13.1. The predicted molar refractivity (Wildman–Crippen MR) is 84.3 cm³/mol. The average molecular weight is 363 g/mol. The van der Waals surface area contributed by atoms with Crippen LogP contribution in [0.3, 0.4) is 0 Å². The largest absolute Gasteiger partial charge is 0.507 e. The van der Waals surface area contributed by atoms with Gasteiger partial charge in [-0.3, -0.25) is 9.89 Å². The molecule has 26 heavy (non-hydrogen) atoms. The third-order valence-electron chi connectivity index (χ3n) is 3.58. The SMILES string of the molecule is O=C(C=C(O)c1ccoc1Cc1ccc(C(F)(F)F)cc1)c1ncn[nH]1. The van der Waals surface area contributed by atoms with Crippen LogP contribution >= 0.6 is 0 Å². The fraction of sp³-hybridized carbons (Fsp3) is 0.118. The first-order chi connectivity index (χ1) is 12.3. The van der Waals surface area contributed by atoms with Crippen LogP contribution in [-0.2, 0) is 12.6 Å². The zero-order valence-electron chi connectivity index (χ0n) is 13.1. The van der Waals surface area contributed by atoms with Crippen LogP contribution in [-0.4, -0.2) is 26.1 Å². The molecule has 2 heterocycles. The van der Waals surface area contributed by atoms with Gasteiger partial charge < -0.3 is 9.52 Å². The fourth-order valence-corrected chi connectivity index (χ4v) is 2.30. The number of carbonyl (C=O) groups is 1. The van der Waals surface area contributed by atoms with Crippen molar-refractivity contribution < 1.29 is 27.5 Å². The van der Waals surface area contributed by atoms with Crippen molar-refractivity contribution in [2.75, 3.05) is 0 Å². The van der Waals surface area contributed by atoms with Gasteiger partial charge in [0.15, 0.2) is 5.82 Å². The molecule has 0 aliphatic heterocycles.